The van der Waals surface area contributed by atoms with Crippen molar-refractivity contribution in [2.75, 3.05) is 32.1 Å². The molecule has 0 fully saturated rings. The topological polar surface area (TPSA) is 106 Å². The average Bonchev–Trinajstić information content (AvgIpc) is 3.28. The third kappa shape index (κ3) is 5.69. The van der Waals surface area contributed by atoms with Gasteiger partial charge in [0, 0.05) is 62.6 Å². The lowest BCUT2D eigenvalue weighted by Gasteiger charge is -2.22. The maximum absolute atomic E-state index is 13.0. The summed E-state index contributed by atoms with van der Waals surface area (Å²) in [5, 5.41) is 15.1. The number of hydrogen-bond donors (Lipinski definition) is 0. The van der Waals surface area contributed by atoms with Gasteiger partial charge >= 0.3 is 0 Å². The standard InChI is InChI=1S/C23H27N5O4/c1-4-5-14-27(23(29)18-7-6-8-20(16-18)28(30)31)15-13-21-24-22(25-32-21)17-9-11-19(12-10-17)26(2)3/h6-12,16H,4-5,13-15H2,1-3H3. The Morgan fingerprint density at radius 3 is 2.53 bits per heavy atom. The van der Waals surface area contributed by atoms with Gasteiger partial charge in [0.25, 0.3) is 11.6 Å². The van der Waals surface area contributed by atoms with Crippen LogP contribution in [0.5, 0.6) is 0 Å². The first-order valence-corrected chi connectivity index (χ1v) is 10.5. The largest absolute Gasteiger partial charge is 0.378 e. The summed E-state index contributed by atoms with van der Waals surface area (Å²) in [5.74, 6) is 0.682. The fraction of sp³-hybridized carbons (Fsp3) is 0.348. The summed E-state index contributed by atoms with van der Waals surface area (Å²) in [4.78, 5) is 31.7. The molecule has 0 aliphatic carbocycles. The zero-order chi connectivity index (χ0) is 23.1. The van der Waals surface area contributed by atoms with Gasteiger partial charge in [-0.1, -0.05) is 24.6 Å². The molecule has 0 bridgehead atoms. The van der Waals surface area contributed by atoms with Crippen LogP contribution >= 0.6 is 0 Å². The molecular weight excluding hydrogens is 410 g/mol. The van der Waals surface area contributed by atoms with Crippen LogP contribution in [0.25, 0.3) is 11.4 Å². The average molecular weight is 438 g/mol. The van der Waals surface area contributed by atoms with E-state index in [0.29, 0.717) is 36.8 Å². The van der Waals surface area contributed by atoms with E-state index in [4.69, 9.17) is 4.52 Å². The van der Waals surface area contributed by atoms with Crippen LogP contribution in [0.3, 0.4) is 0 Å². The number of hydrogen-bond acceptors (Lipinski definition) is 7. The summed E-state index contributed by atoms with van der Waals surface area (Å²) in [7, 11) is 3.95. The number of amides is 1. The molecule has 3 rings (SSSR count). The van der Waals surface area contributed by atoms with Gasteiger partial charge in [-0.05, 0) is 36.8 Å². The predicted molar refractivity (Wildman–Crippen MR) is 122 cm³/mol. The van der Waals surface area contributed by atoms with Gasteiger partial charge in [-0.2, -0.15) is 4.98 Å². The van der Waals surface area contributed by atoms with Crippen molar-refractivity contribution in [1.82, 2.24) is 15.0 Å². The van der Waals surface area contributed by atoms with Gasteiger partial charge in [0.05, 0.1) is 4.92 Å². The molecule has 168 valence electrons. The molecule has 0 saturated heterocycles. The molecular formula is C23H27N5O4. The van der Waals surface area contributed by atoms with Crippen LogP contribution < -0.4 is 4.90 Å². The molecule has 32 heavy (non-hydrogen) atoms. The zero-order valence-corrected chi connectivity index (χ0v) is 18.5. The van der Waals surface area contributed by atoms with E-state index in [-0.39, 0.29) is 11.6 Å². The summed E-state index contributed by atoms with van der Waals surface area (Å²) < 4.78 is 5.39. The molecule has 0 N–H and O–H groups in total. The van der Waals surface area contributed by atoms with Crippen LogP contribution in [0, 0.1) is 10.1 Å². The lowest BCUT2D eigenvalue weighted by atomic mass is 10.1. The lowest BCUT2D eigenvalue weighted by Crippen LogP contribution is -2.34. The van der Waals surface area contributed by atoms with Crippen LogP contribution in [-0.2, 0) is 6.42 Å². The summed E-state index contributed by atoms with van der Waals surface area (Å²) in [5.41, 5.74) is 2.11. The Labute approximate surface area is 186 Å². The second-order valence-electron chi connectivity index (χ2n) is 7.66. The minimum absolute atomic E-state index is 0.104. The second-order valence-corrected chi connectivity index (χ2v) is 7.66. The highest BCUT2D eigenvalue weighted by Gasteiger charge is 2.19. The van der Waals surface area contributed by atoms with Crippen molar-refractivity contribution in [2.45, 2.75) is 26.2 Å². The number of rotatable bonds is 10. The number of nitrogens with zero attached hydrogens (tertiary/aromatic N) is 5. The minimum atomic E-state index is -0.502. The molecule has 0 aliphatic rings. The van der Waals surface area contributed by atoms with E-state index in [1.807, 2.05) is 50.2 Å². The van der Waals surface area contributed by atoms with Crippen molar-refractivity contribution < 1.29 is 14.2 Å². The quantitative estimate of drug-likeness (QED) is 0.346. The van der Waals surface area contributed by atoms with Crippen molar-refractivity contribution in [1.29, 1.82) is 0 Å². The van der Waals surface area contributed by atoms with Crippen LogP contribution in [0.4, 0.5) is 11.4 Å². The molecule has 1 heterocycles. The van der Waals surface area contributed by atoms with Crippen molar-refractivity contribution in [2.24, 2.45) is 0 Å². The number of non-ortho nitro benzene ring substituents is 1. The number of aromatic nitrogens is 2. The summed E-state index contributed by atoms with van der Waals surface area (Å²) in [6, 6.07) is 13.6. The highest BCUT2D eigenvalue weighted by molar-refractivity contribution is 5.94. The fourth-order valence-electron chi connectivity index (χ4n) is 3.21. The molecule has 2 aromatic carbocycles. The third-order valence-electron chi connectivity index (χ3n) is 5.08. The molecule has 1 amide bonds. The summed E-state index contributed by atoms with van der Waals surface area (Å²) in [6.45, 7) is 2.97. The van der Waals surface area contributed by atoms with Gasteiger partial charge < -0.3 is 14.3 Å². The van der Waals surface area contributed by atoms with Gasteiger partial charge in [-0.15, -0.1) is 0 Å². The smallest absolute Gasteiger partial charge is 0.270 e. The Hall–Kier alpha value is -3.75. The number of carbonyl (C=O) groups is 1. The van der Waals surface area contributed by atoms with Crippen LogP contribution in [0.2, 0.25) is 0 Å². The van der Waals surface area contributed by atoms with E-state index >= 15 is 0 Å². The van der Waals surface area contributed by atoms with E-state index in [0.717, 1.165) is 24.1 Å². The first-order valence-electron chi connectivity index (χ1n) is 10.5. The number of benzene rings is 2. The Morgan fingerprint density at radius 2 is 1.88 bits per heavy atom. The molecule has 0 aliphatic heterocycles. The Kier molecular flexibility index (Phi) is 7.54. The first-order chi connectivity index (χ1) is 15.4. The number of nitro benzene ring substituents is 1. The van der Waals surface area contributed by atoms with Gasteiger partial charge in [-0.25, -0.2) is 0 Å². The van der Waals surface area contributed by atoms with E-state index < -0.39 is 4.92 Å². The van der Waals surface area contributed by atoms with Crippen molar-refractivity contribution in [3.05, 3.63) is 70.1 Å². The highest BCUT2D eigenvalue weighted by atomic mass is 16.6. The number of unbranched alkanes of at least 4 members (excludes halogenated alkanes) is 1. The number of anilines is 1. The maximum atomic E-state index is 13.0. The lowest BCUT2D eigenvalue weighted by molar-refractivity contribution is -0.384. The molecule has 0 radical (unpaired) electrons. The van der Waals surface area contributed by atoms with Gasteiger partial charge in [0.2, 0.25) is 11.7 Å². The van der Waals surface area contributed by atoms with E-state index in [2.05, 4.69) is 10.1 Å². The molecule has 1 aromatic heterocycles. The SMILES string of the molecule is CCCCN(CCc1nc(-c2ccc(N(C)C)cc2)no1)C(=O)c1cccc([N+](=O)[O-])c1. The summed E-state index contributed by atoms with van der Waals surface area (Å²) >= 11 is 0. The maximum Gasteiger partial charge on any atom is 0.270 e. The predicted octanol–water partition coefficient (Wildman–Crippen LogP) is 4.20. The Balaban J connectivity index is 1.70. The molecule has 0 atom stereocenters. The van der Waals surface area contributed by atoms with Crippen molar-refractivity contribution >= 4 is 17.3 Å². The van der Waals surface area contributed by atoms with Gasteiger partial charge in [0.1, 0.15) is 0 Å². The second kappa shape index (κ2) is 10.5. The van der Waals surface area contributed by atoms with E-state index in [9.17, 15) is 14.9 Å². The molecule has 0 saturated carbocycles. The summed E-state index contributed by atoms with van der Waals surface area (Å²) in [6.07, 6.45) is 2.15. The Morgan fingerprint density at radius 1 is 1.12 bits per heavy atom. The minimum Gasteiger partial charge on any atom is -0.378 e. The van der Waals surface area contributed by atoms with Crippen molar-refractivity contribution in [3.8, 4) is 11.4 Å². The molecule has 0 spiro atoms. The van der Waals surface area contributed by atoms with Crippen LogP contribution in [-0.4, -0.2) is 53.1 Å². The van der Waals surface area contributed by atoms with Crippen molar-refractivity contribution in [3.63, 3.8) is 0 Å². The fourth-order valence-corrected chi connectivity index (χ4v) is 3.21. The monoisotopic (exact) mass is 437 g/mol. The number of carbonyl (C=O) groups excluding carboxylic acids is 1. The van der Waals surface area contributed by atoms with E-state index in [1.54, 1.807) is 11.0 Å². The van der Waals surface area contributed by atoms with Crippen LogP contribution in [0.15, 0.2) is 53.1 Å². The van der Waals surface area contributed by atoms with Crippen LogP contribution in [0.1, 0.15) is 36.0 Å². The van der Waals surface area contributed by atoms with E-state index in [1.165, 1.54) is 18.2 Å². The van der Waals surface area contributed by atoms with Gasteiger partial charge in [0.15, 0.2) is 0 Å². The Bertz CT molecular complexity index is 1060. The molecule has 3 aromatic rings. The third-order valence-corrected chi connectivity index (χ3v) is 5.08. The molecule has 9 heteroatoms. The molecule has 0 unspecified atom stereocenters. The zero-order valence-electron chi connectivity index (χ0n) is 18.5. The van der Waals surface area contributed by atoms with Gasteiger partial charge in [-0.3, -0.25) is 14.9 Å². The normalized spacial score (nSPS) is 10.7. The number of nitro groups is 1. The highest BCUT2D eigenvalue weighted by Crippen LogP contribution is 2.20. The molecule has 9 nitrogen and oxygen atoms in total. The first kappa shape index (κ1) is 22.9.